The summed E-state index contributed by atoms with van der Waals surface area (Å²) in [6.45, 7) is 0. The van der Waals surface area contributed by atoms with Crippen LogP contribution in [0.5, 0.6) is 0 Å². The van der Waals surface area contributed by atoms with Gasteiger partial charge in [-0.05, 0) is 53.2 Å². The maximum atomic E-state index is 13.0. The number of thiophene rings is 1. The fourth-order valence-corrected chi connectivity index (χ4v) is 4.81. The number of nitriles is 1. The number of allylic oxidation sites excluding steroid dienone is 1. The Bertz CT molecular complexity index is 1580. The summed E-state index contributed by atoms with van der Waals surface area (Å²) in [5.41, 5.74) is 2.98. The molecule has 2 aromatic heterocycles. The van der Waals surface area contributed by atoms with Gasteiger partial charge in [0.05, 0.1) is 17.2 Å². The molecule has 0 fully saturated rings. The first-order valence-corrected chi connectivity index (χ1v) is 10.7. The van der Waals surface area contributed by atoms with E-state index in [0.29, 0.717) is 33.0 Å². The minimum Gasteiger partial charge on any atom is -0.435 e. The summed E-state index contributed by atoms with van der Waals surface area (Å²) in [7, 11) is 0. The molecular weight excluding hydrogens is 420 g/mol. The highest BCUT2D eigenvalue weighted by Gasteiger charge is 2.33. The van der Waals surface area contributed by atoms with Crippen molar-refractivity contribution in [2.75, 3.05) is 0 Å². The van der Waals surface area contributed by atoms with Gasteiger partial charge in [-0.25, -0.2) is 0 Å². The molecule has 5 nitrogen and oxygen atoms in total. The molecule has 0 amide bonds. The van der Waals surface area contributed by atoms with Gasteiger partial charge < -0.3 is 4.42 Å². The standard InChI is InChI=1S/C26H12N2O3S/c27-13-14-5-7-15(8-6-14)25-28-26-22(31-25)12-18(32-26)11-21-23(29)19-9-16-3-1-2-4-17(16)10-20(19)24(21)30/h1-12H. The molecule has 0 N–H and O–H groups in total. The third-order valence-corrected chi connectivity index (χ3v) is 6.48. The Morgan fingerprint density at radius 3 is 2.16 bits per heavy atom. The minimum absolute atomic E-state index is 0.159. The number of benzene rings is 3. The third kappa shape index (κ3) is 2.80. The van der Waals surface area contributed by atoms with Crippen LogP contribution in [0.1, 0.15) is 31.2 Å². The van der Waals surface area contributed by atoms with Crippen molar-refractivity contribution in [2.24, 2.45) is 0 Å². The van der Waals surface area contributed by atoms with Crippen molar-refractivity contribution in [3.05, 3.63) is 93.9 Å². The molecule has 1 aliphatic rings. The Balaban J connectivity index is 1.36. The fourth-order valence-electron chi connectivity index (χ4n) is 3.92. The highest BCUT2D eigenvalue weighted by atomic mass is 32.1. The summed E-state index contributed by atoms with van der Waals surface area (Å²) in [4.78, 5) is 31.8. The smallest absolute Gasteiger partial charge is 0.228 e. The number of hydrogen-bond donors (Lipinski definition) is 0. The quantitative estimate of drug-likeness (QED) is 0.251. The lowest BCUT2D eigenvalue weighted by molar-refractivity contribution is 0.0990. The van der Waals surface area contributed by atoms with Crippen molar-refractivity contribution in [3.8, 4) is 17.5 Å². The monoisotopic (exact) mass is 432 g/mol. The van der Waals surface area contributed by atoms with Crippen molar-refractivity contribution in [1.29, 1.82) is 5.26 Å². The number of carbonyl (C=O) groups excluding carboxylic acids is 2. The van der Waals surface area contributed by atoms with E-state index < -0.39 is 0 Å². The van der Waals surface area contributed by atoms with E-state index in [2.05, 4.69) is 11.1 Å². The first-order chi connectivity index (χ1) is 15.6. The van der Waals surface area contributed by atoms with Crippen molar-refractivity contribution in [3.63, 3.8) is 0 Å². The molecule has 32 heavy (non-hydrogen) atoms. The Labute approximate surface area is 185 Å². The van der Waals surface area contributed by atoms with Gasteiger partial charge in [-0.1, -0.05) is 24.3 Å². The second-order valence-corrected chi connectivity index (χ2v) is 8.55. The van der Waals surface area contributed by atoms with Gasteiger partial charge >= 0.3 is 0 Å². The SMILES string of the molecule is N#Cc1ccc(-c2nc3sc(C=C4C(=O)c5cc6ccccc6cc5C4=O)cc3o2)cc1. The van der Waals surface area contributed by atoms with Crippen LogP contribution in [0.2, 0.25) is 0 Å². The lowest BCUT2D eigenvalue weighted by Crippen LogP contribution is -1.99. The topological polar surface area (TPSA) is 84.0 Å². The third-order valence-electron chi connectivity index (χ3n) is 5.52. The van der Waals surface area contributed by atoms with Crippen LogP contribution < -0.4 is 0 Å². The summed E-state index contributed by atoms with van der Waals surface area (Å²) in [5.74, 6) is -0.0546. The second-order valence-electron chi connectivity index (χ2n) is 7.49. The van der Waals surface area contributed by atoms with Crippen LogP contribution in [0.3, 0.4) is 0 Å². The van der Waals surface area contributed by atoms with Crippen LogP contribution >= 0.6 is 11.3 Å². The molecule has 1 aliphatic carbocycles. The molecule has 0 spiro atoms. The number of nitrogens with zero attached hydrogens (tertiary/aromatic N) is 2. The molecular formula is C26H12N2O3S. The van der Waals surface area contributed by atoms with E-state index in [1.807, 2.05) is 24.3 Å². The van der Waals surface area contributed by atoms with Crippen LogP contribution in [-0.2, 0) is 0 Å². The minimum atomic E-state index is -0.257. The maximum absolute atomic E-state index is 13.0. The molecule has 0 bridgehead atoms. The van der Waals surface area contributed by atoms with Crippen LogP contribution in [0.15, 0.2) is 76.7 Å². The van der Waals surface area contributed by atoms with Crippen LogP contribution in [0, 0.1) is 11.3 Å². The predicted molar refractivity (Wildman–Crippen MR) is 123 cm³/mol. The van der Waals surface area contributed by atoms with Gasteiger partial charge in [-0.3, -0.25) is 9.59 Å². The number of oxazole rings is 1. The Hall–Kier alpha value is -4.34. The molecule has 6 heteroatoms. The largest absolute Gasteiger partial charge is 0.435 e. The lowest BCUT2D eigenvalue weighted by atomic mass is 10.0. The molecule has 0 aliphatic heterocycles. The summed E-state index contributed by atoms with van der Waals surface area (Å²) in [6.07, 6.45) is 1.62. The zero-order valence-corrected chi connectivity index (χ0v) is 17.3. The van der Waals surface area contributed by atoms with E-state index in [-0.39, 0.29) is 17.1 Å². The molecule has 2 heterocycles. The molecule has 0 radical (unpaired) electrons. The zero-order valence-electron chi connectivity index (χ0n) is 16.5. The fraction of sp³-hybridized carbons (Fsp3) is 0. The van der Waals surface area contributed by atoms with Crippen molar-refractivity contribution >= 4 is 50.2 Å². The zero-order chi connectivity index (χ0) is 21.8. The number of carbonyl (C=O) groups is 2. The first-order valence-electron chi connectivity index (χ1n) is 9.85. The summed E-state index contributed by atoms with van der Waals surface area (Å²) in [6, 6.07) is 22.1. The predicted octanol–water partition coefficient (Wildman–Crippen LogP) is 6.04. The van der Waals surface area contributed by atoms with Crippen LogP contribution in [-0.4, -0.2) is 16.6 Å². The van der Waals surface area contributed by atoms with Gasteiger partial charge in [-0.2, -0.15) is 10.2 Å². The first kappa shape index (κ1) is 18.4. The molecule has 3 aromatic carbocycles. The van der Waals surface area contributed by atoms with E-state index in [4.69, 9.17) is 9.68 Å². The molecule has 150 valence electrons. The number of fused-ring (bicyclic) bond motifs is 3. The maximum Gasteiger partial charge on any atom is 0.228 e. The van der Waals surface area contributed by atoms with E-state index >= 15 is 0 Å². The number of ketones is 2. The molecule has 5 aromatic rings. The Morgan fingerprint density at radius 1 is 0.906 bits per heavy atom. The normalized spacial score (nSPS) is 13.0. The highest BCUT2D eigenvalue weighted by molar-refractivity contribution is 7.19. The molecule has 0 saturated heterocycles. The summed E-state index contributed by atoms with van der Waals surface area (Å²) >= 11 is 1.36. The number of Topliss-reactive ketones (excluding diaryl/α,β-unsaturated/α-hetero) is 2. The van der Waals surface area contributed by atoms with E-state index in [1.165, 1.54) is 11.3 Å². The van der Waals surface area contributed by atoms with Crippen molar-refractivity contribution in [2.45, 2.75) is 0 Å². The molecule has 0 unspecified atom stereocenters. The number of hydrogen-bond acceptors (Lipinski definition) is 6. The average molecular weight is 432 g/mol. The summed E-state index contributed by atoms with van der Waals surface area (Å²) in [5, 5.41) is 10.8. The molecule has 0 saturated carbocycles. The highest BCUT2D eigenvalue weighted by Crippen LogP contribution is 2.35. The van der Waals surface area contributed by atoms with Gasteiger partial charge in [0.1, 0.15) is 0 Å². The van der Waals surface area contributed by atoms with E-state index in [1.54, 1.807) is 48.5 Å². The van der Waals surface area contributed by atoms with E-state index in [0.717, 1.165) is 21.2 Å². The second kappa shape index (κ2) is 6.84. The molecule has 6 rings (SSSR count). The van der Waals surface area contributed by atoms with Gasteiger partial charge in [0, 0.05) is 27.6 Å². The Kier molecular flexibility index (Phi) is 3.94. The number of aromatic nitrogens is 1. The van der Waals surface area contributed by atoms with Gasteiger partial charge in [0.2, 0.25) is 5.89 Å². The average Bonchev–Trinajstić information content (AvgIpc) is 3.45. The molecule has 0 atom stereocenters. The lowest BCUT2D eigenvalue weighted by Gasteiger charge is -2.00. The Morgan fingerprint density at radius 2 is 1.56 bits per heavy atom. The van der Waals surface area contributed by atoms with Gasteiger partial charge in [0.25, 0.3) is 0 Å². The summed E-state index contributed by atoms with van der Waals surface area (Å²) < 4.78 is 5.86. The van der Waals surface area contributed by atoms with Crippen molar-refractivity contribution in [1.82, 2.24) is 4.98 Å². The van der Waals surface area contributed by atoms with Crippen LogP contribution in [0.25, 0.3) is 38.7 Å². The number of rotatable bonds is 2. The van der Waals surface area contributed by atoms with Gasteiger partial charge in [0.15, 0.2) is 22.0 Å². The van der Waals surface area contributed by atoms with Gasteiger partial charge in [-0.15, -0.1) is 11.3 Å². The van der Waals surface area contributed by atoms with Crippen molar-refractivity contribution < 1.29 is 14.0 Å². The van der Waals surface area contributed by atoms with E-state index in [9.17, 15) is 9.59 Å². The van der Waals surface area contributed by atoms with Crippen LogP contribution in [0.4, 0.5) is 0 Å².